The van der Waals surface area contributed by atoms with Gasteiger partial charge in [0.05, 0.1) is 5.52 Å². The molecule has 0 N–H and O–H groups in total. The summed E-state index contributed by atoms with van der Waals surface area (Å²) in [6.45, 7) is 0. The zero-order valence-corrected chi connectivity index (χ0v) is 10.0. The van der Waals surface area contributed by atoms with E-state index in [-0.39, 0.29) is 5.82 Å². The fourth-order valence-electron chi connectivity index (χ4n) is 2.07. The molecule has 0 aliphatic carbocycles. The van der Waals surface area contributed by atoms with Gasteiger partial charge in [-0.3, -0.25) is 9.78 Å². The minimum atomic E-state index is -0.346. The molecule has 0 spiro atoms. The topological polar surface area (TPSA) is 30.0 Å². The fraction of sp³-hybridized carbons (Fsp3) is 0. The Balaban J connectivity index is 2.21. The molecule has 1 aromatic heterocycles. The van der Waals surface area contributed by atoms with E-state index in [9.17, 15) is 9.18 Å². The van der Waals surface area contributed by atoms with Crippen LogP contribution in [0.4, 0.5) is 4.39 Å². The van der Waals surface area contributed by atoms with Crippen LogP contribution in [-0.4, -0.2) is 11.3 Å². The van der Waals surface area contributed by atoms with Crippen LogP contribution in [0.15, 0.2) is 54.7 Å². The highest BCUT2D eigenvalue weighted by Crippen LogP contribution is 2.26. The van der Waals surface area contributed by atoms with Crippen molar-refractivity contribution in [2.24, 2.45) is 0 Å². The Bertz CT molecular complexity index is 768. The Kier molecular flexibility index (Phi) is 2.80. The minimum absolute atomic E-state index is 0.346. The van der Waals surface area contributed by atoms with Gasteiger partial charge in [-0.1, -0.05) is 18.2 Å². The van der Waals surface area contributed by atoms with Crippen LogP contribution in [0.25, 0.3) is 22.0 Å². The van der Waals surface area contributed by atoms with E-state index in [0.29, 0.717) is 23.0 Å². The maximum Gasteiger partial charge on any atom is 0.150 e. The van der Waals surface area contributed by atoms with E-state index in [1.807, 2.05) is 30.3 Å². The summed E-state index contributed by atoms with van der Waals surface area (Å²) in [4.78, 5) is 15.0. The van der Waals surface area contributed by atoms with Gasteiger partial charge >= 0.3 is 0 Å². The molecule has 0 fully saturated rings. The lowest BCUT2D eigenvalue weighted by molar-refractivity contribution is 0.112. The average Bonchev–Trinajstić information content (AvgIpc) is 2.47. The van der Waals surface area contributed by atoms with Crippen molar-refractivity contribution in [1.29, 1.82) is 0 Å². The van der Waals surface area contributed by atoms with E-state index in [4.69, 9.17) is 0 Å². The van der Waals surface area contributed by atoms with Gasteiger partial charge in [-0.25, -0.2) is 4.39 Å². The van der Waals surface area contributed by atoms with Crippen molar-refractivity contribution in [3.63, 3.8) is 0 Å². The number of halogens is 1. The van der Waals surface area contributed by atoms with Crippen molar-refractivity contribution in [1.82, 2.24) is 4.98 Å². The maximum atomic E-state index is 13.9. The first-order chi connectivity index (χ1) is 9.28. The van der Waals surface area contributed by atoms with Gasteiger partial charge in [0, 0.05) is 22.7 Å². The van der Waals surface area contributed by atoms with Gasteiger partial charge in [-0.2, -0.15) is 0 Å². The molecule has 0 unspecified atom stereocenters. The molecule has 92 valence electrons. The standard InChI is InChI=1S/C16H10FNO/c17-15-6-3-11(10-19)8-14(15)13-5-4-12-2-1-7-18-16(12)9-13/h1-10H. The molecule has 2 aromatic carbocycles. The lowest BCUT2D eigenvalue weighted by Crippen LogP contribution is -1.89. The number of carbonyl (C=O) groups is 1. The zero-order valence-electron chi connectivity index (χ0n) is 10.0. The second-order valence-corrected chi connectivity index (χ2v) is 4.27. The maximum absolute atomic E-state index is 13.9. The summed E-state index contributed by atoms with van der Waals surface area (Å²) in [5.41, 5.74) is 2.39. The second-order valence-electron chi connectivity index (χ2n) is 4.27. The molecule has 3 aromatic rings. The SMILES string of the molecule is O=Cc1ccc(F)c(-c2ccc3cccnc3c2)c1. The molecule has 0 radical (unpaired) electrons. The number of nitrogens with zero attached hydrogens (tertiary/aromatic N) is 1. The quantitative estimate of drug-likeness (QED) is 0.647. The van der Waals surface area contributed by atoms with Crippen LogP contribution < -0.4 is 0 Å². The lowest BCUT2D eigenvalue weighted by Gasteiger charge is -2.05. The highest BCUT2D eigenvalue weighted by Gasteiger charge is 2.07. The normalized spacial score (nSPS) is 10.6. The molecule has 0 aliphatic heterocycles. The Hall–Kier alpha value is -2.55. The number of aldehydes is 1. The van der Waals surface area contributed by atoms with Gasteiger partial charge in [-0.05, 0) is 35.9 Å². The molecule has 2 nitrogen and oxygen atoms in total. The monoisotopic (exact) mass is 251 g/mol. The first-order valence-electron chi connectivity index (χ1n) is 5.88. The third-order valence-corrected chi connectivity index (χ3v) is 3.04. The number of aromatic nitrogens is 1. The number of rotatable bonds is 2. The summed E-state index contributed by atoms with van der Waals surface area (Å²) in [6, 6.07) is 13.7. The van der Waals surface area contributed by atoms with Gasteiger partial charge in [-0.15, -0.1) is 0 Å². The van der Waals surface area contributed by atoms with Gasteiger partial charge < -0.3 is 0 Å². The van der Waals surface area contributed by atoms with Crippen LogP contribution in [-0.2, 0) is 0 Å². The van der Waals surface area contributed by atoms with E-state index in [1.54, 1.807) is 12.3 Å². The Morgan fingerprint density at radius 1 is 1.05 bits per heavy atom. The fourth-order valence-corrected chi connectivity index (χ4v) is 2.07. The molecule has 19 heavy (non-hydrogen) atoms. The van der Waals surface area contributed by atoms with Crippen molar-refractivity contribution < 1.29 is 9.18 Å². The summed E-state index contributed by atoms with van der Waals surface area (Å²) < 4.78 is 13.9. The highest BCUT2D eigenvalue weighted by atomic mass is 19.1. The molecule has 3 heteroatoms. The van der Waals surface area contributed by atoms with E-state index < -0.39 is 0 Å². The molecule has 1 heterocycles. The van der Waals surface area contributed by atoms with Gasteiger partial charge in [0.15, 0.2) is 0 Å². The number of benzene rings is 2. The number of carbonyl (C=O) groups excluding carboxylic acids is 1. The van der Waals surface area contributed by atoms with Crippen LogP contribution in [0.3, 0.4) is 0 Å². The van der Waals surface area contributed by atoms with Crippen molar-refractivity contribution >= 4 is 17.2 Å². The zero-order chi connectivity index (χ0) is 13.2. The molecular formula is C16H10FNO. The smallest absolute Gasteiger partial charge is 0.150 e. The predicted molar refractivity (Wildman–Crippen MR) is 72.5 cm³/mol. The summed E-state index contributed by atoms with van der Waals surface area (Å²) in [5, 5.41) is 0.998. The summed E-state index contributed by atoms with van der Waals surface area (Å²) in [6.07, 6.45) is 2.41. The first kappa shape index (κ1) is 11.5. The largest absolute Gasteiger partial charge is 0.298 e. The Morgan fingerprint density at radius 2 is 1.95 bits per heavy atom. The van der Waals surface area contributed by atoms with Crippen LogP contribution >= 0.6 is 0 Å². The number of hydrogen-bond acceptors (Lipinski definition) is 2. The molecule has 0 atom stereocenters. The van der Waals surface area contributed by atoms with E-state index in [1.165, 1.54) is 12.1 Å². The average molecular weight is 251 g/mol. The van der Waals surface area contributed by atoms with Gasteiger partial charge in [0.25, 0.3) is 0 Å². The third-order valence-electron chi connectivity index (χ3n) is 3.04. The van der Waals surface area contributed by atoms with Gasteiger partial charge in [0.1, 0.15) is 12.1 Å². The summed E-state index contributed by atoms with van der Waals surface area (Å²) in [5.74, 6) is -0.346. The van der Waals surface area contributed by atoms with E-state index in [2.05, 4.69) is 4.98 Å². The molecular weight excluding hydrogens is 241 g/mol. The minimum Gasteiger partial charge on any atom is -0.298 e. The van der Waals surface area contributed by atoms with Crippen molar-refractivity contribution in [3.05, 3.63) is 66.1 Å². The molecule has 0 amide bonds. The van der Waals surface area contributed by atoms with Crippen molar-refractivity contribution in [2.45, 2.75) is 0 Å². The Morgan fingerprint density at radius 3 is 2.79 bits per heavy atom. The van der Waals surface area contributed by atoms with Crippen LogP contribution in [0, 0.1) is 5.82 Å². The number of hydrogen-bond donors (Lipinski definition) is 0. The second kappa shape index (κ2) is 4.61. The molecule has 0 bridgehead atoms. The third kappa shape index (κ3) is 2.10. The Labute approximate surface area is 109 Å². The predicted octanol–water partition coefficient (Wildman–Crippen LogP) is 3.85. The molecule has 0 saturated carbocycles. The van der Waals surface area contributed by atoms with Crippen molar-refractivity contribution in [3.8, 4) is 11.1 Å². The van der Waals surface area contributed by atoms with E-state index in [0.717, 1.165) is 10.9 Å². The molecule has 3 rings (SSSR count). The number of pyridine rings is 1. The van der Waals surface area contributed by atoms with Crippen LogP contribution in [0.5, 0.6) is 0 Å². The van der Waals surface area contributed by atoms with Crippen molar-refractivity contribution in [2.75, 3.05) is 0 Å². The van der Waals surface area contributed by atoms with E-state index >= 15 is 0 Å². The molecule has 0 aliphatic rings. The highest BCUT2D eigenvalue weighted by molar-refractivity contribution is 5.85. The van der Waals surface area contributed by atoms with Gasteiger partial charge in [0.2, 0.25) is 0 Å². The molecule has 0 saturated heterocycles. The number of fused-ring (bicyclic) bond motifs is 1. The van der Waals surface area contributed by atoms with Crippen LogP contribution in [0.2, 0.25) is 0 Å². The lowest BCUT2D eigenvalue weighted by atomic mass is 10.0. The first-order valence-corrected chi connectivity index (χ1v) is 5.88. The summed E-state index contributed by atoms with van der Waals surface area (Å²) >= 11 is 0. The van der Waals surface area contributed by atoms with Crippen LogP contribution in [0.1, 0.15) is 10.4 Å². The summed E-state index contributed by atoms with van der Waals surface area (Å²) in [7, 11) is 0.